The van der Waals surface area contributed by atoms with E-state index in [1.807, 2.05) is 70.4 Å². The quantitative estimate of drug-likeness (QED) is 0.231. The highest BCUT2D eigenvalue weighted by Crippen LogP contribution is 2.58. The van der Waals surface area contributed by atoms with Crippen LogP contribution in [-0.2, 0) is 11.0 Å². The lowest BCUT2D eigenvalue weighted by Gasteiger charge is -2.38. The van der Waals surface area contributed by atoms with Crippen LogP contribution in [0.15, 0.2) is 97.1 Å². The fourth-order valence-electron chi connectivity index (χ4n) is 6.72. The van der Waals surface area contributed by atoms with E-state index >= 15 is 4.39 Å². The molecule has 2 nitrogen and oxygen atoms in total. The summed E-state index contributed by atoms with van der Waals surface area (Å²) in [5.41, 5.74) is 5.44. The summed E-state index contributed by atoms with van der Waals surface area (Å²) in [7, 11) is 4.05. The Labute approximate surface area is 233 Å². The molecule has 0 amide bonds. The van der Waals surface area contributed by atoms with E-state index in [-0.39, 0.29) is 0 Å². The lowest BCUT2D eigenvalue weighted by Crippen LogP contribution is -2.35. The lowest BCUT2D eigenvalue weighted by molar-refractivity contribution is 0.163. The first-order valence-electron chi connectivity index (χ1n) is 13.5. The topological polar surface area (TPSA) is 12.5 Å². The molecule has 1 aliphatic carbocycles. The second kappa shape index (κ2) is 8.53. The summed E-state index contributed by atoms with van der Waals surface area (Å²) in [4.78, 5) is 2.07. The minimum atomic E-state index is -0.872. The molecule has 5 aromatic rings. The Morgan fingerprint density at radius 1 is 0.725 bits per heavy atom. The standard InChI is InChI=1S/C36H29F2NO/c1-35(2)32-29(20-24(37)21-30(32)38)31-26-12-8-9-13-27(26)34-28(33(31)35)18-19-36(40-34,22-10-6-5-7-11-22)23-14-16-25(17-15-23)39(3)4/h5-21H,1-4H3. The average Bonchev–Trinajstić information content (AvgIpc) is 3.20. The van der Waals surface area contributed by atoms with Crippen molar-refractivity contribution in [3.05, 3.63) is 137 Å². The molecule has 5 aromatic carbocycles. The summed E-state index contributed by atoms with van der Waals surface area (Å²) in [6.45, 7) is 4.03. The number of anilines is 1. The van der Waals surface area contributed by atoms with Crippen LogP contribution in [0.3, 0.4) is 0 Å². The Morgan fingerprint density at radius 3 is 2.08 bits per heavy atom. The fraction of sp³-hybridized carbons (Fsp3) is 0.167. The number of fused-ring (bicyclic) bond motifs is 8. The van der Waals surface area contributed by atoms with Crippen LogP contribution in [0.4, 0.5) is 14.5 Å². The molecule has 4 heteroatoms. The van der Waals surface area contributed by atoms with Crippen molar-refractivity contribution in [3.63, 3.8) is 0 Å². The predicted octanol–water partition coefficient (Wildman–Crippen LogP) is 8.84. The van der Waals surface area contributed by atoms with Crippen molar-refractivity contribution in [2.75, 3.05) is 19.0 Å². The van der Waals surface area contributed by atoms with Crippen LogP contribution in [0, 0.1) is 11.6 Å². The van der Waals surface area contributed by atoms with Gasteiger partial charge in [0.2, 0.25) is 0 Å². The number of rotatable bonds is 3. The molecular formula is C36H29F2NO. The third kappa shape index (κ3) is 3.32. The molecule has 0 saturated heterocycles. The first kappa shape index (κ1) is 24.6. The van der Waals surface area contributed by atoms with Crippen molar-refractivity contribution in [1.82, 2.24) is 0 Å². The molecule has 0 fully saturated rings. The summed E-state index contributed by atoms with van der Waals surface area (Å²) in [6, 6.07) is 29.1. The van der Waals surface area contributed by atoms with Crippen molar-refractivity contribution in [1.29, 1.82) is 0 Å². The van der Waals surface area contributed by atoms with Gasteiger partial charge in [0.25, 0.3) is 0 Å². The molecule has 1 heterocycles. The van der Waals surface area contributed by atoms with E-state index in [2.05, 4.69) is 53.5 Å². The number of ether oxygens (including phenoxy) is 1. The highest BCUT2D eigenvalue weighted by Gasteiger charge is 2.45. The first-order chi connectivity index (χ1) is 19.2. The van der Waals surface area contributed by atoms with Crippen molar-refractivity contribution in [3.8, 4) is 16.9 Å². The first-order valence-corrected chi connectivity index (χ1v) is 13.5. The minimum Gasteiger partial charge on any atom is -0.472 e. The van der Waals surface area contributed by atoms with Crippen molar-refractivity contribution < 1.29 is 13.5 Å². The van der Waals surface area contributed by atoms with Crippen LogP contribution in [0.1, 0.15) is 41.7 Å². The Morgan fingerprint density at radius 2 is 1.38 bits per heavy atom. The zero-order chi connectivity index (χ0) is 27.8. The number of halogens is 2. The summed E-state index contributed by atoms with van der Waals surface area (Å²) >= 11 is 0. The van der Waals surface area contributed by atoms with Gasteiger partial charge in [0.05, 0.1) is 0 Å². The molecule has 7 rings (SSSR count). The minimum absolute atomic E-state index is 0.519. The van der Waals surface area contributed by atoms with Crippen LogP contribution in [0.25, 0.3) is 28.0 Å². The van der Waals surface area contributed by atoms with Crippen LogP contribution in [0.5, 0.6) is 5.75 Å². The van der Waals surface area contributed by atoms with Crippen LogP contribution in [0.2, 0.25) is 0 Å². The normalized spacial score (nSPS) is 18.1. The number of nitrogens with zero attached hydrogens (tertiary/aromatic N) is 1. The molecule has 1 atom stereocenters. The molecule has 0 N–H and O–H groups in total. The van der Waals surface area contributed by atoms with Gasteiger partial charge >= 0.3 is 0 Å². The van der Waals surface area contributed by atoms with E-state index in [1.165, 1.54) is 6.07 Å². The fourth-order valence-corrected chi connectivity index (χ4v) is 6.72. The maximum absolute atomic E-state index is 15.4. The summed E-state index contributed by atoms with van der Waals surface area (Å²) in [6.07, 6.45) is 4.24. The molecule has 0 saturated carbocycles. The van der Waals surface area contributed by atoms with E-state index in [0.29, 0.717) is 11.1 Å². The highest BCUT2D eigenvalue weighted by molar-refractivity contribution is 6.08. The zero-order valence-electron chi connectivity index (χ0n) is 22.9. The smallest absolute Gasteiger partial charge is 0.178 e. The van der Waals surface area contributed by atoms with Crippen LogP contribution < -0.4 is 9.64 Å². The summed E-state index contributed by atoms with van der Waals surface area (Å²) in [5.74, 6) is -0.341. The SMILES string of the molecule is CN(C)c1ccc(C2(c3ccccc3)C=Cc3c4c(c5ccccc5c3O2)-c2cc(F)cc(F)c2C4(C)C)cc1. The predicted molar refractivity (Wildman–Crippen MR) is 159 cm³/mol. The van der Waals surface area contributed by atoms with Crippen LogP contribution in [-0.4, -0.2) is 14.1 Å². The molecule has 0 aromatic heterocycles. The Bertz CT molecular complexity index is 1840. The van der Waals surface area contributed by atoms with Gasteiger partial charge in [-0.25, -0.2) is 8.78 Å². The molecule has 1 aliphatic heterocycles. The largest absolute Gasteiger partial charge is 0.472 e. The van der Waals surface area contributed by atoms with E-state index in [9.17, 15) is 4.39 Å². The maximum Gasteiger partial charge on any atom is 0.178 e. The van der Waals surface area contributed by atoms with E-state index in [0.717, 1.165) is 56.1 Å². The Balaban J connectivity index is 1.54. The summed E-state index contributed by atoms with van der Waals surface area (Å²) in [5, 5.41) is 1.84. The maximum atomic E-state index is 15.4. The van der Waals surface area contributed by atoms with Crippen molar-refractivity contribution >= 4 is 22.5 Å². The molecular weight excluding hydrogens is 500 g/mol. The molecule has 0 radical (unpaired) electrons. The van der Waals surface area contributed by atoms with Gasteiger partial charge in [-0.2, -0.15) is 0 Å². The Hall–Kier alpha value is -4.44. The second-order valence-electron chi connectivity index (χ2n) is 11.5. The van der Waals surface area contributed by atoms with Gasteiger partial charge in [0.1, 0.15) is 17.4 Å². The number of hydrogen-bond donors (Lipinski definition) is 0. The third-order valence-electron chi connectivity index (χ3n) is 8.54. The lowest BCUT2D eigenvalue weighted by atomic mass is 9.76. The van der Waals surface area contributed by atoms with Gasteiger partial charge in [-0.1, -0.05) is 86.7 Å². The van der Waals surface area contributed by atoms with E-state index in [1.54, 1.807) is 0 Å². The molecule has 198 valence electrons. The average molecular weight is 530 g/mol. The van der Waals surface area contributed by atoms with Gasteiger partial charge in [0.15, 0.2) is 5.60 Å². The van der Waals surface area contributed by atoms with Gasteiger partial charge in [-0.05, 0) is 46.4 Å². The van der Waals surface area contributed by atoms with E-state index < -0.39 is 22.7 Å². The van der Waals surface area contributed by atoms with Gasteiger partial charge in [0, 0.05) is 58.9 Å². The van der Waals surface area contributed by atoms with Gasteiger partial charge in [-0.3, -0.25) is 0 Å². The van der Waals surface area contributed by atoms with Gasteiger partial charge in [-0.15, -0.1) is 0 Å². The zero-order valence-corrected chi connectivity index (χ0v) is 22.9. The van der Waals surface area contributed by atoms with Crippen molar-refractivity contribution in [2.24, 2.45) is 0 Å². The highest BCUT2D eigenvalue weighted by atomic mass is 19.1. The molecule has 0 bridgehead atoms. The molecule has 0 spiro atoms. The second-order valence-corrected chi connectivity index (χ2v) is 11.5. The van der Waals surface area contributed by atoms with Gasteiger partial charge < -0.3 is 9.64 Å². The number of benzene rings is 5. The Kier molecular flexibility index (Phi) is 5.24. The molecule has 2 aliphatic rings. The molecule has 40 heavy (non-hydrogen) atoms. The van der Waals surface area contributed by atoms with Crippen LogP contribution >= 0.6 is 0 Å². The number of hydrogen-bond acceptors (Lipinski definition) is 2. The third-order valence-corrected chi connectivity index (χ3v) is 8.54. The summed E-state index contributed by atoms with van der Waals surface area (Å²) < 4.78 is 37.2. The van der Waals surface area contributed by atoms with Crippen molar-refractivity contribution in [2.45, 2.75) is 24.9 Å². The molecule has 1 unspecified atom stereocenters. The van der Waals surface area contributed by atoms with E-state index in [4.69, 9.17) is 4.74 Å². The monoisotopic (exact) mass is 529 g/mol.